The number of benzene rings is 2. The van der Waals surface area contributed by atoms with Gasteiger partial charge in [0.25, 0.3) is 0 Å². The number of piperidine rings is 1. The van der Waals surface area contributed by atoms with Crippen LogP contribution in [-0.2, 0) is 10.0 Å². The monoisotopic (exact) mass is 627 g/mol. The van der Waals surface area contributed by atoms with Crippen LogP contribution in [0.1, 0.15) is 50.3 Å². The molecule has 6 rings (SSSR count). The van der Waals surface area contributed by atoms with Crippen LogP contribution in [0.25, 0.3) is 16.8 Å². The van der Waals surface area contributed by atoms with Gasteiger partial charge in [0.15, 0.2) is 5.65 Å². The van der Waals surface area contributed by atoms with Crippen molar-refractivity contribution in [2.75, 3.05) is 18.4 Å². The molecule has 226 valence electrons. The van der Waals surface area contributed by atoms with E-state index in [1.54, 1.807) is 24.3 Å². The third-order valence-corrected chi connectivity index (χ3v) is 11.2. The molecule has 0 spiro atoms. The molecule has 0 atom stereocenters. The van der Waals surface area contributed by atoms with Crippen molar-refractivity contribution in [2.45, 2.75) is 60.3 Å². The minimum atomic E-state index is -9.73. The molecular formula is C28H30F5N5O2S2. The first-order chi connectivity index (χ1) is 19.7. The van der Waals surface area contributed by atoms with Gasteiger partial charge in [-0.05, 0) is 85.3 Å². The van der Waals surface area contributed by atoms with Gasteiger partial charge in [0.2, 0.25) is 10.0 Å². The number of hydrogen-bond donors (Lipinski definition) is 1. The second-order valence-corrected chi connectivity index (χ2v) is 15.4. The van der Waals surface area contributed by atoms with E-state index in [2.05, 4.69) is 15.5 Å². The number of sulfonamides is 1. The molecule has 2 aromatic carbocycles. The zero-order valence-electron chi connectivity index (χ0n) is 22.5. The highest BCUT2D eigenvalue weighted by Gasteiger charge is 2.65. The largest absolute Gasteiger partial charge is 0.382 e. The fourth-order valence-corrected chi connectivity index (χ4v) is 7.91. The van der Waals surface area contributed by atoms with Crippen LogP contribution in [0.4, 0.5) is 25.1 Å². The predicted octanol–water partition coefficient (Wildman–Crippen LogP) is 7.98. The predicted molar refractivity (Wildman–Crippen MR) is 153 cm³/mol. The Labute approximate surface area is 240 Å². The Hall–Kier alpha value is -3.23. The SMILES string of the molecule is O=S(=O)(c1ccc(-c2ccc3nnc(C4CCCC4)n3c2)cc1)N1CCC(Nc2ccc(S(F)(F)(F)(F)F)cc2)CC1. The summed E-state index contributed by atoms with van der Waals surface area (Å²) in [7, 11) is -13.5. The molecule has 0 radical (unpaired) electrons. The van der Waals surface area contributed by atoms with E-state index in [1.165, 1.54) is 17.1 Å². The van der Waals surface area contributed by atoms with Crippen molar-refractivity contribution in [1.82, 2.24) is 18.9 Å². The normalized spacial score (nSPS) is 19.5. The van der Waals surface area contributed by atoms with Gasteiger partial charge in [-0.15, -0.1) is 10.2 Å². The fourth-order valence-electron chi connectivity index (χ4n) is 5.79. The van der Waals surface area contributed by atoms with E-state index < -0.39 is 25.1 Å². The van der Waals surface area contributed by atoms with Gasteiger partial charge in [-0.3, -0.25) is 4.40 Å². The molecule has 3 heterocycles. The van der Waals surface area contributed by atoms with E-state index in [9.17, 15) is 27.8 Å². The van der Waals surface area contributed by atoms with Gasteiger partial charge in [-0.1, -0.05) is 44.4 Å². The molecule has 1 N–H and O–H groups in total. The summed E-state index contributed by atoms with van der Waals surface area (Å²) in [5, 5.41) is 11.7. The lowest BCUT2D eigenvalue weighted by Gasteiger charge is -2.40. The molecule has 14 heteroatoms. The number of nitrogens with one attached hydrogen (secondary N) is 1. The summed E-state index contributed by atoms with van der Waals surface area (Å²) in [6, 6.07) is 13.0. The Morgan fingerprint density at radius 1 is 0.762 bits per heavy atom. The molecule has 4 aromatic rings. The third kappa shape index (κ3) is 5.84. The number of rotatable bonds is 7. The lowest BCUT2D eigenvalue weighted by molar-refractivity contribution is 0.330. The summed E-state index contributed by atoms with van der Waals surface area (Å²) in [4.78, 5) is -1.78. The van der Waals surface area contributed by atoms with Gasteiger partial charge in [0.1, 0.15) is 10.7 Å². The molecule has 0 bridgehead atoms. The summed E-state index contributed by atoms with van der Waals surface area (Å²) < 4.78 is 94.9. The first kappa shape index (κ1) is 28.9. The molecule has 2 fully saturated rings. The van der Waals surface area contributed by atoms with E-state index in [0.717, 1.165) is 47.6 Å². The first-order valence-corrected chi connectivity index (χ1v) is 17.1. The van der Waals surface area contributed by atoms with Crippen LogP contribution < -0.4 is 5.32 Å². The molecule has 1 aliphatic heterocycles. The Kier molecular flexibility index (Phi) is 6.63. The van der Waals surface area contributed by atoms with Gasteiger partial charge >= 0.3 is 10.2 Å². The number of nitrogens with zero attached hydrogens (tertiary/aromatic N) is 4. The lowest BCUT2D eigenvalue weighted by atomic mass is 10.1. The van der Waals surface area contributed by atoms with Crippen molar-refractivity contribution < 1.29 is 27.8 Å². The maximum atomic E-state index is 13.3. The average molecular weight is 628 g/mol. The lowest BCUT2D eigenvalue weighted by Crippen LogP contribution is -2.42. The maximum Gasteiger partial charge on any atom is 0.310 e. The number of aromatic nitrogens is 3. The van der Waals surface area contributed by atoms with Crippen molar-refractivity contribution in [3.63, 3.8) is 0 Å². The summed E-state index contributed by atoms with van der Waals surface area (Å²) >= 11 is 0. The van der Waals surface area contributed by atoms with Crippen molar-refractivity contribution in [1.29, 1.82) is 0 Å². The summed E-state index contributed by atoms with van der Waals surface area (Å²) in [5.74, 6) is 1.36. The molecule has 42 heavy (non-hydrogen) atoms. The molecular weight excluding hydrogens is 597 g/mol. The number of pyridine rings is 1. The van der Waals surface area contributed by atoms with E-state index in [0.29, 0.717) is 30.9 Å². The Morgan fingerprint density at radius 2 is 1.38 bits per heavy atom. The topological polar surface area (TPSA) is 79.6 Å². The average Bonchev–Trinajstić information content (AvgIpc) is 3.62. The number of halogens is 5. The number of fused-ring (bicyclic) bond motifs is 1. The summed E-state index contributed by atoms with van der Waals surface area (Å²) in [6.45, 7) is 0.416. The maximum absolute atomic E-state index is 13.3. The molecule has 1 saturated carbocycles. The highest BCUT2D eigenvalue weighted by atomic mass is 32.5. The van der Waals surface area contributed by atoms with E-state index in [1.807, 2.05) is 22.7 Å². The van der Waals surface area contributed by atoms with Crippen LogP contribution >= 0.6 is 10.2 Å². The first-order valence-electron chi connectivity index (χ1n) is 13.7. The van der Waals surface area contributed by atoms with Gasteiger partial charge in [0.05, 0.1) is 4.90 Å². The van der Waals surface area contributed by atoms with Gasteiger partial charge in [0, 0.05) is 36.9 Å². The van der Waals surface area contributed by atoms with Crippen LogP contribution in [-0.4, -0.2) is 46.5 Å². The van der Waals surface area contributed by atoms with Crippen molar-refractivity contribution in [3.05, 3.63) is 72.7 Å². The van der Waals surface area contributed by atoms with E-state index >= 15 is 0 Å². The molecule has 1 saturated heterocycles. The highest BCUT2D eigenvalue weighted by molar-refractivity contribution is 8.45. The van der Waals surface area contributed by atoms with Crippen LogP contribution in [0.3, 0.4) is 0 Å². The minimum Gasteiger partial charge on any atom is -0.382 e. The Balaban J connectivity index is 1.10. The molecule has 7 nitrogen and oxygen atoms in total. The summed E-state index contributed by atoms with van der Waals surface area (Å²) in [6.07, 6.45) is 7.38. The number of anilines is 1. The van der Waals surface area contributed by atoms with E-state index in [-0.39, 0.29) is 29.7 Å². The molecule has 0 unspecified atom stereocenters. The highest BCUT2D eigenvalue weighted by Crippen LogP contribution is 3.02. The fraction of sp³-hybridized carbons (Fsp3) is 0.357. The smallest absolute Gasteiger partial charge is 0.310 e. The second-order valence-electron chi connectivity index (χ2n) is 11.0. The van der Waals surface area contributed by atoms with Crippen LogP contribution in [0.2, 0.25) is 0 Å². The van der Waals surface area contributed by atoms with E-state index in [4.69, 9.17) is 0 Å². The minimum absolute atomic E-state index is 0.168. The Bertz CT molecular complexity index is 1710. The number of hydrogen-bond acceptors (Lipinski definition) is 5. The zero-order chi connectivity index (χ0) is 29.8. The third-order valence-electron chi connectivity index (χ3n) is 8.10. The molecule has 2 aliphatic rings. The van der Waals surface area contributed by atoms with Gasteiger partial charge in [-0.25, -0.2) is 8.42 Å². The Morgan fingerprint density at radius 3 is 2.00 bits per heavy atom. The van der Waals surface area contributed by atoms with Crippen LogP contribution in [0.15, 0.2) is 76.7 Å². The zero-order valence-corrected chi connectivity index (χ0v) is 24.1. The van der Waals surface area contributed by atoms with Gasteiger partial charge < -0.3 is 5.32 Å². The second kappa shape index (κ2) is 9.64. The van der Waals surface area contributed by atoms with Crippen molar-refractivity contribution >= 4 is 31.6 Å². The molecule has 2 aromatic heterocycles. The van der Waals surface area contributed by atoms with Crippen molar-refractivity contribution in [2.24, 2.45) is 0 Å². The standard InChI is InChI=1S/C28H30F5N5O2S2/c29-42(30,31,32,33)26-12-8-23(9-13-26)34-24-15-17-37(18-16-24)41(39,40)25-10-5-20(6-11-25)22-7-14-27-35-36-28(38(27)19-22)21-3-1-2-4-21/h5-14,19,21,24,34H,1-4,15-18H2. The van der Waals surface area contributed by atoms with Crippen LogP contribution in [0.5, 0.6) is 0 Å². The molecule has 0 amide bonds. The van der Waals surface area contributed by atoms with Gasteiger partial charge in [-0.2, -0.15) is 4.31 Å². The summed E-state index contributed by atoms with van der Waals surface area (Å²) in [5.41, 5.74) is 2.82. The van der Waals surface area contributed by atoms with Crippen LogP contribution in [0, 0.1) is 0 Å². The quantitative estimate of drug-likeness (QED) is 0.210. The van der Waals surface area contributed by atoms with Crippen molar-refractivity contribution in [3.8, 4) is 11.1 Å². The molecule has 1 aliphatic carbocycles.